The zero-order chi connectivity index (χ0) is 15.0. The molecule has 2 aromatic rings. The van der Waals surface area contributed by atoms with Crippen molar-refractivity contribution in [3.05, 3.63) is 6.33 Å². The molecule has 3 atom stereocenters. The maximum Gasteiger partial charge on any atom is 0.247 e. The van der Waals surface area contributed by atoms with Crippen molar-refractivity contribution in [2.75, 3.05) is 18.9 Å². The van der Waals surface area contributed by atoms with E-state index in [-0.39, 0.29) is 12.6 Å². The van der Waals surface area contributed by atoms with Gasteiger partial charge in [0.1, 0.15) is 6.10 Å². The lowest BCUT2D eigenvalue weighted by Gasteiger charge is -2.16. The van der Waals surface area contributed by atoms with Crippen LogP contribution in [0, 0.1) is 0 Å². The van der Waals surface area contributed by atoms with Gasteiger partial charge in [0.05, 0.1) is 25.6 Å². The Morgan fingerprint density at radius 1 is 1.52 bits per heavy atom. The van der Waals surface area contributed by atoms with Crippen LogP contribution in [-0.2, 0) is 4.74 Å². The number of rotatable bonds is 4. The molecule has 9 nitrogen and oxygen atoms in total. The third-order valence-electron chi connectivity index (χ3n) is 3.33. The Balaban J connectivity index is 2.04. The lowest BCUT2D eigenvalue weighted by atomic mass is 10.2. The van der Waals surface area contributed by atoms with Crippen LogP contribution in [0.1, 0.15) is 19.6 Å². The van der Waals surface area contributed by atoms with Crippen molar-refractivity contribution >= 4 is 17.1 Å². The van der Waals surface area contributed by atoms with E-state index in [1.807, 2.05) is 6.92 Å². The van der Waals surface area contributed by atoms with Gasteiger partial charge >= 0.3 is 0 Å². The largest absolute Gasteiger partial charge is 0.476 e. The minimum atomic E-state index is -0.758. The van der Waals surface area contributed by atoms with Crippen LogP contribution >= 0.6 is 0 Å². The number of aromatic nitrogens is 4. The number of aliphatic hydroxyl groups is 2. The maximum absolute atomic E-state index is 10.1. The van der Waals surface area contributed by atoms with E-state index in [2.05, 4.69) is 15.0 Å². The van der Waals surface area contributed by atoms with E-state index >= 15 is 0 Å². The molecule has 1 fully saturated rings. The Morgan fingerprint density at radius 3 is 3.00 bits per heavy atom. The number of aliphatic hydroxyl groups excluding tert-OH is 2. The van der Waals surface area contributed by atoms with Crippen molar-refractivity contribution in [3.8, 4) is 5.88 Å². The number of hydrogen-bond acceptors (Lipinski definition) is 8. The first-order valence-corrected chi connectivity index (χ1v) is 6.71. The number of anilines is 1. The standard InChI is InChI=1S/C12H17N5O4/c1-2-20-10-8-9(15-12(13)16-10)17(5-14-8)11-7(19)3-6(4-18)21-11/h5-7,11,18-19H,2-4H2,1H3,(H2,13,15,16)/t6-,7+,11+/m0/s1. The third kappa shape index (κ3) is 2.39. The highest BCUT2D eigenvalue weighted by Crippen LogP contribution is 2.32. The fourth-order valence-electron chi connectivity index (χ4n) is 2.43. The van der Waals surface area contributed by atoms with Crippen molar-refractivity contribution in [1.82, 2.24) is 19.5 Å². The summed E-state index contributed by atoms with van der Waals surface area (Å²) in [5.41, 5.74) is 6.56. The second-order valence-electron chi connectivity index (χ2n) is 4.78. The topological polar surface area (TPSA) is 129 Å². The van der Waals surface area contributed by atoms with Gasteiger partial charge in [0, 0.05) is 6.42 Å². The molecule has 0 spiro atoms. The zero-order valence-electron chi connectivity index (χ0n) is 11.5. The molecule has 9 heteroatoms. The number of nitrogens with zero attached hydrogens (tertiary/aromatic N) is 4. The van der Waals surface area contributed by atoms with Gasteiger partial charge in [-0.15, -0.1) is 0 Å². The molecule has 0 bridgehead atoms. The minimum Gasteiger partial charge on any atom is -0.476 e. The Bertz CT molecular complexity index is 646. The fourth-order valence-corrected chi connectivity index (χ4v) is 2.43. The van der Waals surface area contributed by atoms with Crippen LogP contribution in [0.5, 0.6) is 5.88 Å². The minimum absolute atomic E-state index is 0.0545. The van der Waals surface area contributed by atoms with Crippen LogP contribution in [0.2, 0.25) is 0 Å². The molecule has 0 aliphatic carbocycles. The molecule has 0 saturated carbocycles. The molecule has 3 rings (SSSR count). The molecule has 0 aromatic carbocycles. The summed E-state index contributed by atoms with van der Waals surface area (Å²) in [5, 5.41) is 19.2. The van der Waals surface area contributed by atoms with Crippen LogP contribution in [0.15, 0.2) is 6.33 Å². The van der Waals surface area contributed by atoms with Crippen molar-refractivity contribution in [1.29, 1.82) is 0 Å². The fraction of sp³-hybridized carbons (Fsp3) is 0.583. The Morgan fingerprint density at radius 2 is 2.33 bits per heavy atom. The van der Waals surface area contributed by atoms with Gasteiger partial charge in [0.15, 0.2) is 17.4 Å². The Hall–Kier alpha value is -1.97. The van der Waals surface area contributed by atoms with Gasteiger partial charge in [0.25, 0.3) is 0 Å². The first kappa shape index (κ1) is 14.0. The van der Waals surface area contributed by atoms with E-state index < -0.39 is 18.4 Å². The molecule has 4 N–H and O–H groups in total. The van der Waals surface area contributed by atoms with E-state index in [1.165, 1.54) is 6.33 Å². The third-order valence-corrected chi connectivity index (χ3v) is 3.33. The first-order valence-electron chi connectivity index (χ1n) is 6.71. The molecular weight excluding hydrogens is 278 g/mol. The molecule has 21 heavy (non-hydrogen) atoms. The predicted octanol–water partition coefficient (Wildman–Crippen LogP) is -0.552. The lowest BCUT2D eigenvalue weighted by molar-refractivity contribution is -0.0486. The number of ether oxygens (including phenoxy) is 2. The van der Waals surface area contributed by atoms with Crippen LogP contribution in [0.3, 0.4) is 0 Å². The summed E-state index contributed by atoms with van der Waals surface area (Å²) in [7, 11) is 0. The van der Waals surface area contributed by atoms with Gasteiger partial charge in [-0.05, 0) is 6.92 Å². The smallest absolute Gasteiger partial charge is 0.247 e. The van der Waals surface area contributed by atoms with Gasteiger partial charge in [0.2, 0.25) is 11.8 Å². The molecule has 0 radical (unpaired) electrons. The van der Waals surface area contributed by atoms with E-state index in [0.29, 0.717) is 30.1 Å². The maximum atomic E-state index is 10.1. The van der Waals surface area contributed by atoms with Gasteiger partial charge in [-0.2, -0.15) is 9.97 Å². The highest BCUT2D eigenvalue weighted by molar-refractivity contribution is 5.77. The van der Waals surface area contributed by atoms with Crippen molar-refractivity contribution < 1.29 is 19.7 Å². The Labute approximate surface area is 120 Å². The average Bonchev–Trinajstić information content (AvgIpc) is 3.02. The summed E-state index contributed by atoms with van der Waals surface area (Å²) in [4.78, 5) is 12.4. The quantitative estimate of drug-likeness (QED) is 0.685. The normalized spacial score (nSPS) is 25.6. The summed E-state index contributed by atoms with van der Waals surface area (Å²) < 4.78 is 12.6. The molecule has 0 unspecified atom stereocenters. The number of hydrogen-bond donors (Lipinski definition) is 3. The second-order valence-corrected chi connectivity index (χ2v) is 4.78. The molecule has 1 aliphatic rings. The SMILES string of the molecule is CCOc1nc(N)nc2c1ncn2[C@@H]1O[C@H](CO)C[C@H]1O. The van der Waals surface area contributed by atoms with Crippen LogP contribution < -0.4 is 10.5 Å². The van der Waals surface area contributed by atoms with E-state index in [4.69, 9.17) is 20.3 Å². The number of fused-ring (bicyclic) bond motifs is 1. The monoisotopic (exact) mass is 295 g/mol. The number of nitrogen functional groups attached to an aromatic ring is 1. The Kier molecular flexibility index (Phi) is 3.62. The van der Waals surface area contributed by atoms with Crippen molar-refractivity contribution in [2.24, 2.45) is 0 Å². The highest BCUT2D eigenvalue weighted by Gasteiger charge is 2.36. The van der Waals surface area contributed by atoms with Gasteiger partial charge < -0.3 is 25.4 Å². The van der Waals surface area contributed by atoms with E-state index in [1.54, 1.807) is 4.57 Å². The van der Waals surface area contributed by atoms with Crippen LogP contribution in [-0.4, -0.2) is 55.2 Å². The van der Waals surface area contributed by atoms with Crippen LogP contribution in [0.25, 0.3) is 11.2 Å². The highest BCUT2D eigenvalue weighted by atomic mass is 16.5. The molecular formula is C12H17N5O4. The molecule has 3 heterocycles. The summed E-state index contributed by atoms with van der Waals surface area (Å²) in [6, 6.07) is 0. The molecule has 114 valence electrons. The molecule has 1 saturated heterocycles. The summed E-state index contributed by atoms with van der Waals surface area (Å²) in [6.07, 6.45) is 0.00416. The first-order chi connectivity index (χ1) is 10.1. The predicted molar refractivity (Wildman–Crippen MR) is 72.5 cm³/mol. The zero-order valence-corrected chi connectivity index (χ0v) is 11.5. The van der Waals surface area contributed by atoms with Crippen molar-refractivity contribution in [3.63, 3.8) is 0 Å². The lowest BCUT2D eigenvalue weighted by Crippen LogP contribution is -2.19. The summed E-state index contributed by atoms with van der Waals surface area (Å²) >= 11 is 0. The van der Waals surface area contributed by atoms with Crippen LogP contribution in [0.4, 0.5) is 5.95 Å². The average molecular weight is 295 g/mol. The number of imidazole rings is 1. The summed E-state index contributed by atoms with van der Waals surface area (Å²) in [6.45, 7) is 2.10. The van der Waals surface area contributed by atoms with Gasteiger partial charge in [-0.25, -0.2) is 4.98 Å². The molecule has 1 aliphatic heterocycles. The second kappa shape index (κ2) is 5.43. The molecule has 0 amide bonds. The van der Waals surface area contributed by atoms with E-state index in [9.17, 15) is 5.11 Å². The van der Waals surface area contributed by atoms with Crippen molar-refractivity contribution in [2.45, 2.75) is 31.8 Å². The van der Waals surface area contributed by atoms with E-state index in [0.717, 1.165) is 0 Å². The van der Waals surface area contributed by atoms with Gasteiger partial charge in [-0.1, -0.05) is 0 Å². The molecule has 2 aromatic heterocycles. The summed E-state index contributed by atoms with van der Waals surface area (Å²) in [5.74, 6) is 0.351. The number of nitrogens with two attached hydrogens (primary N) is 1. The van der Waals surface area contributed by atoms with Gasteiger partial charge in [-0.3, -0.25) is 4.57 Å².